The summed E-state index contributed by atoms with van der Waals surface area (Å²) in [6.45, 7) is 0. The number of aliphatic carboxylic acids is 2. The Hall–Kier alpha value is -1.10. The number of carbonyl (C=O) groups is 2. The molecule has 0 aromatic carbocycles. The number of hydrogen-bond acceptors (Lipinski definition) is 3. The van der Waals surface area contributed by atoms with E-state index in [-0.39, 0.29) is 12.5 Å². The zero-order chi connectivity index (χ0) is 12.1. The molecule has 0 bridgehead atoms. The van der Waals surface area contributed by atoms with Crippen LogP contribution >= 0.6 is 0 Å². The summed E-state index contributed by atoms with van der Waals surface area (Å²) in [7, 11) is 0. The van der Waals surface area contributed by atoms with Crippen molar-refractivity contribution in [1.82, 2.24) is 0 Å². The lowest BCUT2D eigenvalue weighted by molar-refractivity contribution is -0.149. The third-order valence-corrected chi connectivity index (χ3v) is 3.28. The van der Waals surface area contributed by atoms with Crippen LogP contribution in [0.1, 0.15) is 38.5 Å². The molecule has 1 unspecified atom stereocenters. The number of rotatable bonds is 5. The fourth-order valence-corrected chi connectivity index (χ4v) is 2.31. The van der Waals surface area contributed by atoms with Crippen LogP contribution in [0.5, 0.6) is 0 Å². The largest absolute Gasteiger partial charge is 0.481 e. The van der Waals surface area contributed by atoms with Crippen LogP contribution in [0.4, 0.5) is 0 Å². The van der Waals surface area contributed by atoms with E-state index >= 15 is 0 Å². The van der Waals surface area contributed by atoms with Gasteiger partial charge in [-0.2, -0.15) is 0 Å². The van der Waals surface area contributed by atoms with Crippen molar-refractivity contribution in [2.45, 2.75) is 44.6 Å². The fraction of sp³-hybridized carbons (Fsp3) is 0.818. The molecular weight excluding hydrogens is 210 g/mol. The predicted octanol–water partition coefficient (Wildman–Crippen LogP) is 1.07. The molecule has 1 rings (SSSR count). The number of hydrogen-bond donors (Lipinski definition) is 3. The van der Waals surface area contributed by atoms with Crippen LogP contribution < -0.4 is 5.73 Å². The average Bonchev–Trinajstić information content (AvgIpc) is 2.19. The summed E-state index contributed by atoms with van der Waals surface area (Å²) in [5.41, 5.74) is 5.76. The Balaban J connectivity index is 2.42. The Morgan fingerprint density at radius 3 is 2.19 bits per heavy atom. The summed E-state index contributed by atoms with van der Waals surface area (Å²) in [6, 6.07) is 0.235. The molecule has 1 fully saturated rings. The summed E-state index contributed by atoms with van der Waals surface area (Å²) in [5.74, 6) is -2.48. The molecule has 0 aromatic heterocycles. The van der Waals surface area contributed by atoms with E-state index in [1.807, 2.05) is 0 Å². The Labute approximate surface area is 94.6 Å². The van der Waals surface area contributed by atoms with Crippen molar-refractivity contribution in [2.75, 3.05) is 0 Å². The van der Waals surface area contributed by atoms with Crippen molar-refractivity contribution >= 4 is 11.9 Å². The minimum absolute atomic E-state index is 0.235. The van der Waals surface area contributed by atoms with Gasteiger partial charge in [0.1, 0.15) is 0 Å². The first kappa shape index (κ1) is 13.0. The van der Waals surface area contributed by atoms with E-state index in [0.717, 1.165) is 25.7 Å². The van der Waals surface area contributed by atoms with Crippen LogP contribution in [0.2, 0.25) is 0 Å². The van der Waals surface area contributed by atoms with Crippen molar-refractivity contribution in [3.63, 3.8) is 0 Å². The first-order chi connectivity index (χ1) is 7.49. The summed E-state index contributed by atoms with van der Waals surface area (Å²) < 4.78 is 0. The molecule has 1 aliphatic carbocycles. The average molecular weight is 229 g/mol. The van der Waals surface area contributed by atoms with Crippen LogP contribution in [0.25, 0.3) is 0 Å². The third kappa shape index (κ3) is 4.18. The van der Waals surface area contributed by atoms with E-state index in [1.54, 1.807) is 0 Å². The van der Waals surface area contributed by atoms with Gasteiger partial charge in [-0.3, -0.25) is 9.59 Å². The molecule has 1 saturated carbocycles. The Bertz CT molecular complexity index is 259. The minimum atomic E-state index is -1.04. The van der Waals surface area contributed by atoms with Crippen LogP contribution in [0.3, 0.4) is 0 Å². The van der Waals surface area contributed by atoms with Crippen molar-refractivity contribution < 1.29 is 19.8 Å². The van der Waals surface area contributed by atoms with E-state index in [0.29, 0.717) is 12.3 Å². The lowest BCUT2D eigenvalue weighted by Gasteiger charge is -2.27. The highest BCUT2D eigenvalue weighted by Crippen LogP contribution is 2.29. The van der Waals surface area contributed by atoms with Crippen LogP contribution in [0, 0.1) is 11.8 Å². The summed E-state index contributed by atoms with van der Waals surface area (Å²) in [6.07, 6.45) is 3.87. The summed E-state index contributed by atoms with van der Waals surface area (Å²) in [5, 5.41) is 17.5. The molecule has 0 radical (unpaired) electrons. The molecular formula is C11H19NO4. The molecule has 5 nitrogen and oxygen atoms in total. The molecule has 0 spiro atoms. The first-order valence-corrected chi connectivity index (χ1v) is 5.69. The minimum Gasteiger partial charge on any atom is -0.481 e. The highest BCUT2D eigenvalue weighted by Gasteiger charge is 2.27. The van der Waals surface area contributed by atoms with Gasteiger partial charge in [-0.05, 0) is 38.0 Å². The molecule has 0 amide bonds. The topological polar surface area (TPSA) is 101 Å². The molecule has 0 saturated heterocycles. The Kier molecular flexibility index (Phi) is 4.73. The zero-order valence-electron chi connectivity index (χ0n) is 9.26. The SMILES string of the molecule is N[C@H]1CC[C@H](CC(CC(=O)O)C(=O)O)CC1. The normalized spacial score (nSPS) is 27.3. The highest BCUT2D eigenvalue weighted by atomic mass is 16.4. The van der Waals surface area contributed by atoms with E-state index in [4.69, 9.17) is 15.9 Å². The summed E-state index contributed by atoms with van der Waals surface area (Å²) >= 11 is 0. The molecule has 1 atom stereocenters. The fourth-order valence-electron chi connectivity index (χ4n) is 2.31. The van der Waals surface area contributed by atoms with Gasteiger partial charge in [0, 0.05) is 6.04 Å². The number of carboxylic acids is 2. The van der Waals surface area contributed by atoms with Gasteiger partial charge in [0.25, 0.3) is 0 Å². The van der Waals surface area contributed by atoms with Crippen LogP contribution in [-0.4, -0.2) is 28.2 Å². The van der Waals surface area contributed by atoms with Gasteiger partial charge in [-0.25, -0.2) is 0 Å². The predicted molar refractivity (Wildman–Crippen MR) is 57.9 cm³/mol. The Morgan fingerprint density at radius 2 is 1.75 bits per heavy atom. The van der Waals surface area contributed by atoms with E-state index < -0.39 is 17.9 Å². The number of nitrogens with two attached hydrogens (primary N) is 1. The monoisotopic (exact) mass is 229 g/mol. The van der Waals surface area contributed by atoms with Gasteiger partial charge in [0.05, 0.1) is 12.3 Å². The second-order valence-electron chi connectivity index (χ2n) is 4.65. The molecule has 5 heteroatoms. The second-order valence-corrected chi connectivity index (χ2v) is 4.65. The van der Waals surface area contributed by atoms with Crippen molar-refractivity contribution in [1.29, 1.82) is 0 Å². The van der Waals surface area contributed by atoms with E-state index in [9.17, 15) is 9.59 Å². The van der Waals surface area contributed by atoms with Crippen molar-refractivity contribution in [2.24, 2.45) is 17.6 Å². The molecule has 16 heavy (non-hydrogen) atoms. The first-order valence-electron chi connectivity index (χ1n) is 5.69. The van der Waals surface area contributed by atoms with Gasteiger partial charge >= 0.3 is 11.9 Å². The van der Waals surface area contributed by atoms with Gasteiger partial charge < -0.3 is 15.9 Å². The highest BCUT2D eigenvalue weighted by molar-refractivity contribution is 5.77. The molecule has 0 heterocycles. The summed E-state index contributed by atoms with van der Waals surface area (Å²) in [4.78, 5) is 21.4. The van der Waals surface area contributed by atoms with E-state index in [2.05, 4.69) is 0 Å². The standard InChI is InChI=1S/C11H19NO4/c12-9-3-1-7(2-4-9)5-8(11(15)16)6-10(13)14/h7-9H,1-6,12H2,(H,13,14)(H,15,16)/t7-,8?,9-. The molecule has 4 N–H and O–H groups in total. The second kappa shape index (κ2) is 5.84. The van der Waals surface area contributed by atoms with Crippen LogP contribution in [-0.2, 0) is 9.59 Å². The van der Waals surface area contributed by atoms with Crippen molar-refractivity contribution in [3.8, 4) is 0 Å². The van der Waals surface area contributed by atoms with Gasteiger partial charge in [-0.1, -0.05) is 0 Å². The van der Waals surface area contributed by atoms with Gasteiger partial charge in [0.15, 0.2) is 0 Å². The number of carboxylic acid groups (broad SMARTS) is 2. The van der Waals surface area contributed by atoms with Gasteiger partial charge in [-0.15, -0.1) is 0 Å². The maximum Gasteiger partial charge on any atom is 0.307 e. The third-order valence-electron chi connectivity index (χ3n) is 3.28. The molecule has 0 aliphatic heterocycles. The lowest BCUT2D eigenvalue weighted by atomic mass is 9.80. The molecule has 0 aromatic rings. The Morgan fingerprint density at radius 1 is 1.19 bits per heavy atom. The van der Waals surface area contributed by atoms with Crippen LogP contribution in [0.15, 0.2) is 0 Å². The lowest BCUT2D eigenvalue weighted by Crippen LogP contribution is -2.29. The quantitative estimate of drug-likeness (QED) is 0.654. The molecule has 92 valence electrons. The molecule has 1 aliphatic rings. The zero-order valence-corrected chi connectivity index (χ0v) is 9.26. The maximum atomic E-state index is 10.9. The van der Waals surface area contributed by atoms with Gasteiger partial charge in [0.2, 0.25) is 0 Å². The maximum absolute atomic E-state index is 10.9. The van der Waals surface area contributed by atoms with Crippen molar-refractivity contribution in [3.05, 3.63) is 0 Å². The smallest absolute Gasteiger partial charge is 0.307 e. The van der Waals surface area contributed by atoms with E-state index in [1.165, 1.54) is 0 Å².